The van der Waals surface area contributed by atoms with E-state index in [0.29, 0.717) is 0 Å². The van der Waals surface area contributed by atoms with Gasteiger partial charge in [0.05, 0.1) is 16.5 Å². The first-order valence-electron chi connectivity index (χ1n) is 6.04. The second-order valence-electron chi connectivity index (χ2n) is 5.41. The lowest BCUT2D eigenvalue weighted by atomic mass is 10.1. The molecule has 112 valence electrons. The number of nitrogens with zero attached hydrogens (tertiary/aromatic N) is 1. The van der Waals surface area contributed by atoms with Gasteiger partial charge in [-0.2, -0.15) is 4.31 Å². The van der Waals surface area contributed by atoms with Crippen LogP contribution in [0, 0.1) is 0 Å². The van der Waals surface area contributed by atoms with Crippen LogP contribution >= 0.6 is 11.6 Å². The van der Waals surface area contributed by atoms with Gasteiger partial charge in [0.1, 0.15) is 4.90 Å². The van der Waals surface area contributed by atoms with Crippen LogP contribution in [0.4, 0.5) is 0 Å². The Morgan fingerprint density at radius 1 is 1.25 bits per heavy atom. The van der Waals surface area contributed by atoms with Gasteiger partial charge in [-0.25, -0.2) is 16.8 Å². The van der Waals surface area contributed by atoms with Gasteiger partial charge in [0.15, 0.2) is 9.84 Å². The summed E-state index contributed by atoms with van der Waals surface area (Å²) in [5, 5.41) is 0.136. The van der Waals surface area contributed by atoms with E-state index in [-0.39, 0.29) is 28.0 Å². The molecule has 2 rings (SSSR count). The minimum Gasteiger partial charge on any atom is -0.229 e. The van der Waals surface area contributed by atoms with Crippen molar-refractivity contribution in [3.05, 3.63) is 29.3 Å². The molecule has 1 aromatic carbocycles. The van der Waals surface area contributed by atoms with Gasteiger partial charge in [0, 0.05) is 12.1 Å². The molecule has 0 amide bonds. The molecule has 0 radical (unpaired) electrons. The molecule has 1 aliphatic rings. The quantitative estimate of drug-likeness (QED) is 0.820. The predicted molar refractivity (Wildman–Crippen MR) is 78.1 cm³/mol. The third-order valence-corrected chi connectivity index (χ3v) is 7.82. The molecule has 1 aliphatic heterocycles. The Bertz CT molecular complexity index is 726. The first-order chi connectivity index (χ1) is 9.06. The largest absolute Gasteiger partial charge is 0.245 e. The maximum absolute atomic E-state index is 12.7. The number of sulfonamides is 1. The van der Waals surface area contributed by atoms with E-state index in [4.69, 9.17) is 11.6 Å². The molecule has 8 heteroatoms. The van der Waals surface area contributed by atoms with Crippen LogP contribution < -0.4 is 0 Å². The van der Waals surface area contributed by atoms with Gasteiger partial charge < -0.3 is 0 Å². The van der Waals surface area contributed by atoms with Crippen molar-refractivity contribution in [1.82, 2.24) is 4.31 Å². The second kappa shape index (κ2) is 4.98. The molecule has 1 heterocycles. The molecule has 5 nitrogen and oxygen atoms in total. The third kappa shape index (κ3) is 2.86. The highest BCUT2D eigenvalue weighted by Crippen LogP contribution is 2.32. The zero-order chi connectivity index (χ0) is 15.2. The van der Waals surface area contributed by atoms with Crippen molar-refractivity contribution in [3.8, 4) is 0 Å². The van der Waals surface area contributed by atoms with E-state index in [0.717, 1.165) is 0 Å². The lowest BCUT2D eigenvalue weighted by molar-refractivity contribution is 0.251. The standard InChI is InChI=1S/C12H16ClNO4S2/c1-12(2)9-19(15,16)8-7-14(12)20(17,18)11-6-4-3-5-10(11)13/h3-6H,7-9H2,1-2H3. The molecule has 1 fully saturated rings. The zero-order valence-corrected chi connectivity index (χ0v) is 13.6. The fourth-order valence-corrected chi connectivity index (χ4v) is 6.74. The van der Waals surface area contributed by atoms with Gasteiger partial charge in [-0.3, -0.25) is 0 Å². The monoisotopic (exact) mass is 337 g/mol. The molecule has 1 saturated heterocycles. The van der Waals surface area contributed by atoms with Crippen LogP contribution in [0.25, 0.3) is 0 Å². The Morgan fingerprint density at radius 2 is 1.85 bits per heavy atom. The van der Waals surface area contributed by atoms with E-state index < -0.39 is 25.4 Å². The minimum atomic E-state index is -3.81. The molecule has 1 aromatic rings. The van der Waals surface area contributed by atoms with Crippen molar-refractivity contribution < 1.29 is 16.8 Å². The highest BCUT2D eigenvalue weighted by atomic mass is 35.5. The molecule has 0 spiro atoms. The van der Waals surface area contributed by atoms with Crippen LogP contribution in [0.1, 0.15) is 13.8 Å². The number of benzene rings is 1. The normalized spacial score (nSPS) is 22.6. The summed E-state index contributed by atoms with van der Waals surface area (Å²) in [6, 6.07) is 6.17. The molecule has 0 unspecified atom stereocenters. The van der Waals surface area contributed by atoms with Crippen molar-refractivity contribution >= 4 is 31.5 Å². The number of hydrogen-bond acceptors (Lipinski definition) is 4. The molecule has 0 saturated carbocycles. The van der Waals surface area contributed by atoms with Crippen molar-refractivity contribution in [3.63, 3.8) is 0 Å². The van der Waals surface area contributed by atoms with Gasteiger partial charge in [0.2, 0.25) is 10.0 Å². The second-order valence-corrected chi connectivity index (χ2v) is 9.83. The number of sulfone groups is 1. The van der Waals surface area contributed by atoms with E-state index in [2.05, 4.69) is 0 Å². The number of halogens is 1. The Hall–Kier alpha value is -0.630. The zero-order valence-electron chi connectivity index (χ0n) is 11.2. The lowest BCUT2D eigenvalue weighted by Gasteiger charge is -2.40. The summed E-state index contributed by atoms with van der Waals surface area (Å²) in [5.74, 6) is -0.357. The Kier molecular flexibility index (Phi) is 3.92. The first-order valence-corrected chi connectivity index (χ1v) is 9.68. The van der Waals surface area contributed by atoms with Crippen LogP contribution in [0.3, 0.4) is 0 Å². The summed E-state index contributed by atoms with van der Waals surface area (Å²) < 4.78 is 50.0. The fraction of sp³-hybridized carbons (Fsp3) is 0.500. The van der Waals surface area contributed by atoms with Gasteiger partial charge >= 0.3 is 0 Å². The van der Waals surface area contributed by atoms with Crippen LogP contribution in [0.15, 0.2) is 29.2 Å². The molecule has 20 heavy (non-hydrogen) atoms. The van der Waals surface area contributed by atoms with E-state index in [1.54, 1.807) is 26.0 Å². The Morgan fingerprint density at radius 3 is 2.40 bits per heavy atom. The van der Waals surface area contributed by atoms with Crippen LogP contribution in [0.5, 0.6) is 0 Å². The SMILES string of the molecule is CC1(C)CS(=O)(=O)CCN1S(=O)(=O)c1ccccc1Cl. The van der Waals surface area contributed by atoms with Crippen LogP contribution in [-0.4, -0.2) is 44.7 Å². The van der Waals surface area contributed by atoms with Crippen molar-refractivity contribution in [2.24, 2.45) is 0 Å². The van der Waals surface area contributed by atoms with Crippen LogP contribution in [-0.2, 0) is 19.9 Å². The molecular formula is C12H16ClNO4S2. The van der Waals surface area contributed by atoms with E-state index in [9.17, 15) is 16.8 Å². The Balaban J connectivity index is 2.48. The maximum atomic E-state index is 12.7. The molecule has 0 aliphatic carbocycles. The van der Waals surface area contributed by atoms with Crippen molar-refractivity contribution in [2.75, 3.05) is 18.1 Å². The minimum absolute atomic E-state index is 0.00837. The summed E-state index contributed by atoms with van der Waals surface area (Å²) >= 11 is 5.95. The van der Waals surface area contributed by atoms with E-state index >= 15 is 0 Å². The summed E-state index contributed by atoms with van der Waals surface area (Å²) in [5.41, 5.74) is -0.991. The smallest absolute Gasteiger partial charge is 0.229 e. The third-order valence-electron chi connectivity index (χ3n) is 3.26. The van der Waals surface area contributed by atoms with Crippen molar-refractivity contribution in [2.45, 2.75) is 24.3 Å². The molecule has 0 atom stereocenters. The summed E-state index contributed by atoms with van der Waals surface area (Å²) in [4.78, 5) is 0.00837. The van der Waals surface area contributed by atoms with Gasteiger partial charge in [-0.15, -0.1) is 0 Å². The highest BCUT2D eigenvalue weighted by Gasteiger charge is 2.44. The molecular weight excluding hydrogens is 322 g/mol. The topological polar surface area (TPSA) is 71.5 Å². The molecule has 0 N–H and O–H groups in total. The maximum Gasteiger partial charge on any atom is 0.245 e. The lowest BCUT2D eigenvalue weighted by Crippen LogP contribution is -2.57. The molecule has 0 bridgehead atoms. The highest BCUT2D eigenvalue weighted by molar-refractivity contribution is 7.92. The number of hydrogen-bond donors (Lipinski definition) is 0. The first kappa shape index (κ1) is 15.8. The van der Waals surface area contributed by atoms with Gasteiger partial charge in [-0.05, 0) is 26.0 Å². The molecule has 0 aromatic heterocycles. The fourth-order valence-electron chi connectivity index (χ4n) is 2.43. The van der Waals surface area contributed by atoms with Crippen molar-refractivity contribution in [1.29, 1.82) is 0 Å². The summed E-state index contributed by atoms with van der Waals surface area (Å²) in [6.45, 7) is 3.17. The van der Waals surface area contributed by atoms with Crippen LogP contribution in [0.2, 0.25) is 5.02 Å². The van der Waals surface area contributed by atoms with Gasteiger partial charge in [0.25, 0.3) is 0 Å². The Labute approximate surface area is 124 Å². The summed E-state index contributed by atoms with van der Waals surface area (Å²) in [6.07, 6.45) is 0. The number of rotatable bonds is 2. The summed E-state index contributed by atoms with van der Waals surface area (Å²) in [7, 11) is -7.03. The van der Waals surface area contributed by atoms with E-state index in [1.807, 2.05) is 0 Å². The predicted octanol–water partition coefficient (Wildman–Crippen LogP) is 1.54. The average molecular weight is 338 g/mol. The van der Waals surface area contributed by atoms with E-state index in [1.165, 1.54) is 16.4 Å². The van der Waals surface area contributed by atoms with Gasteiger partial charge in [-0.1, -0.05) is 23.7 Å². The average Bonchev–Trinajstić information content (AvgIpc) is 2.25.